The van der Waals surface area contributed by atoms with E-state index in [1.54, 1.807) is 0 Å². The summed E-state index contributed by atoms with van der Waals surface area (Å²) in [5.74, 6) is -0.534. The van der Waals surface area contributed by atoms with Crippen molar-refractivity contribution in [1.29, 1.82) is 0 Å². The number of rotatable bonds is 2. The van der Waals surface area contributed by atoms with Crippen LogP contribution in [0.3, 0.4) is 0 Å². The molecule has 1 atom stereocenters. The first kappa shape index (κ1) is 13.3. The van der Waals surface area contributed by atoms with Crippen molar-refractivity contribution in [1.82, 2.24) is 0 Å². The summed E-state index contributed by atoms with van der Waals surface area (Å²) in [6, 6.07) is 17.3. The maximum Gasteiger partial charge on any atom is 0.303 e. The van der Waals surface area contributed by atoms with Crippen LogP contribution in [-0.4, -0.2) is 11.1 Å². The van der Waals surface area contributed by atoms with E-state index in [0.29, 0.717) is 0 Å². The average molecular weight is 290 g/mol. The van der Waals surface area contributed by atoms with Gasteiger partial charge < -0.3 is 5.11 Å². The van der Waals surface area contributed by atoms with Crippen molar-refractivity contribution in [2.75, 3.05) is 0 Å². The van der Waals surface area contributed by atoms with Crippen LogP contribution >= 0.6 is 0 Å². The second-order valence-electron chi connectivity index (χ2n) is 6.25. The minimum atomic E-state index is -0.698. The van der Waals surface area contributed by atoms with Crippen molar-refractivity contribution in [3.05, 3.63) is 59.7 Å². The number of aliphatic carboxylic acids is 1. The fourth-order valence-corrected chi connectivity index (χ4v) is 3.83. The van der Waals surface area contributed by atoms with Crippen LogP contribution in [0.25, 0.3) is 21.5 Å². The monoisotopic (exact) mass is 290 g/mol. The van der Waals surface area contributed by atoms with E-state index in [1.807, 2.05) is 0 Å². The molecular formula is C20H18O2. The maximum atomic E-state index is 11.1. The molecule has 2 nitrogen and oxygen atoms in total. The molecule has 0 spiro atoms. The van der Waals surface area contributed by atoms with E-state index in [9.17, 15) is 4.79 Å². The number of aryl methyl sites for hydroxylation is 1. The molecule has 0 radical (unpaired) electrons. The quantitative estimate of drug-likeness (QED) is 0.682. The zero-order valence-corrected chi connectivity index (χ0v) is 12.4. The second kappa shape index (κ2) is 5.13. The molecule has 0 unspecified atom stereocenters. The molecule has 22 heavy (non-hydrogen) atoms. The fourth-order valence-electron chi connectivity index (χ4n) is 3.83. The van der Waals surface area contributed by atoms with Crippen LogP contribution in [0.1, 0.15) is 36.3 Å². The van der Waals surface area contributed by atoms with Crippen molar-refractivity contribution in [3.63, 3.8) is 0 Å². The first-order valence-electron chi connectivity index (χ1n) is 7.88. The van der Waals surface area contributed by atoms with Crippen LogP contribution in [0, 0.1) is 0 Å². The summed E-state index contributed by atoms with van der Waals surface area (Å²) >= 11 is 0. The minimum absolute atomic E-state index is 0.164. The van der Waals surface area contributed by atoms with E-state index in [1.165, 1.54) is 32.7 Å². The standard InChI is InChI=1S/C20H18O2/c21-20(22)12-15-6-3-5-14-11-19-16(10-18(14)15)9-8-13-4-1-2-7-17(13)19/h1-2,4,7-11,15H,3,5-6,12H2,(H,21,22)/t15-/m1/s1. The summed E-state index contributed by atoms with van der Waals surface area (Å²) in [5, 5.41) is 14.2. The summed E-state index contributed by atoms with van der Waals surface area (Å²) in [6.45, 7) is 0. The molecule has 0 amide bonds. The van der Waals surface area contributed by atoms with Gasteiger partial charge in [0.2, 0.25) is 0 Å². The predicted octanol–water partition coefficient (Wildman–Crippen LogP) is 4.89. The Hall–Kier alpha value is -2.35. The highest BCUT2D eigenvalue weighted by Crippen LogP contribution is 2.38. The minimum Gasteiger partial charge on any atom is -0.481 e. The highest BCUT2D eigenvalue weighted by atomic mass is 16.4. The Morgan fingerprint density at radius 3 is 2.73 bits per heavy atom. The van der Waals surface area contributed by atoms with Crippen LogP contribution in [0.4, 0.5) is 0 Å². The highest BCUT2D eigenvalue weighted by Gasteiger charge is 2.23. The van der Waals surface area contributed by atoms with Gasteiger partial charge in [0.15, 0.2) is 0 Å². The first-order chi connectivity index (χ1) is 10.7. The number of carbonyl (C=O) groups is 1. The largest absolute Gasteiger partial charge is 0.481 e. The molecule has 3 aromatic rings. The average Bonchev–Trinajstić information content (AvgIpc) is 2.53. The Morgan fingerprint density at radius 1 is 1.05 bits per heavy atom. The summed E-state index contributed by atoms with van der Waals surface area (Å²) in [7, 11) is 0. The number of carboxylic acids is 1. The Labute approximate surface area is 129 Å². The maximum absolute atomic E-state index is 11.1. The van der Waals surface area contributed by atoms with E-state index in [2.05, 4.69) is 48.5 Å². The summed E-state index contributed by atoms with van der Waals surface area (Å²) < 4.78 is 0. The lowest BCUT2D eigenvalue weighted by Crippen LogP contribution is -2.13. The smallest absolute Gasteiger partial charge is 0.303 e. The molecule has 1 N–H and O–H groups in total. The first-order valence-corrected chi connectivity index (χ1v) is 7.88. The van der Waals surface area contributed by atoms with Gasteiger partial charge >= 0.3 is 5.97 Å². The molecule has 3 aromatic carbocycles. The molecule has 0 aromatic heterocycles. The van der Waals surface area contributed by atoms with Crippen molar-refractivity contribution in [2.24, 2.45) is 0 Å². The lowest BCUT2D eigenvalue weighted by atomic mass is 9.79. The van der Waals surface area contributed by atoms with E-state index in [0.717, 1.165) is 19.3 Å². The number of hydrogen-bond acceptors (Lipinski definition) is 1. The fraction of sp³-hybridized carbons (Fsp3) is 0.250. The van der Waals surface area contributed by atoms with Crippen LogP contribution in [0.5, 0.6) is 0 Å². The molecule has 2 heteroatoms. The molecule has 0 saturated carbocycles. The van der Waals surface area contributed by atoms with Crippen LogP contribution in [0.2, 0.25) is 0 Å². The molecule has 1 aliphatic rings. The second-order valence-corrected chi connectivity index (χ2v) is 6.25. The zero-order chi connectivity index (χ0) is 15.1. The van der Waals surface area contributed by atoms with Gasteiger partial charge in [0.1, 0.15) is 0 Å². The van der Waals surface area contributed by atoms with Gasteiger partial charge in [-0.25, -0.2) is 0 Å². The third-order valence-electron chi connectivity index (χ3n) is 4.86. The van der Waals surface area contributed by atoms with E-state index < -0.39 is 5.97 Å². The number of benzene rings is 3. The number of hydrogen-bond donors (Lipinski definition) is 1. The van der Waals surface area contributed by atoms with Crippen LogP contribution in [-0.2, 0) is 11.2 Å². The number of fused-ring (bicyclic) bond motifs is 4. The van der Waals surface area contributed by atoms with Gasteiger partial charge in [-0.2, -0.15) is 0 Å². The predicted molar refractivity (Wildman–Crippen MR) is 89.4 cm³/mol. The summed E-state index contributed by atoms with van der Waals surface area (Å²) in [4.78, 5) is 11.1. The van der Waals surface area contributed by atoms with E-state index >= 15 is 0 Å². The lowest BCUT2D eigenvalue weighted by Gasteiger charge is -2.25. The molecular weight excluding hydrogens is 272 g/mol. The summed E-state index contributed by atoms with van der Waals surface area (Å²) in [6.07, 6.45) is 3.37. The molecule has 4 rings (SSSR count). The normalized spacial score (nSPS) is 17.5. The summed E-state index contributed by atoms with van der Waals surface area (Å²) in [5.41, 5.74) is 2.58. The van der Waals surface area contributed by atoms with Gasteiger partial charge in [0, 0.05) is 0 Å². The SMILES string of the molecule is O=C(O)C[C@H]1CCCc2cc3c(ccc4ccccc43)cc21. The van der Waals surface area contributed by atoms with Crippen molar-refractivity contribution >= 4 is 27.5 Å². The van der Waals surface area contributed by atoms with E-state index in [-0.39, 0.29) is 12.3 Å². The molecule has 0 fully saturated rings. The lowest BCUT2D eigenvalue weighted by molar-refractivity contribution is -0.137. The van der Waals surface area contributed by atoms with Gasteiger partial charge in [0.05, 0.1) is 6.42 Å². The van der Waals surface area contributed by atoms with E-state index in [4.69, 9.17) is 5.11 Å². The molecule has 1 aliphatic carbocycles. The van der Waals surface area contributed by atoms with Crippen LogP contribution < -0.4 is 0 Å². The van der Waals surface area contributed by atoms with Crippen molar-refractivity contribution in [3.8, 4) is 0 Å². The van der Waals surface area contributed by atoms with Gasteiger partial charge in [0.25, 0.3) is 0 Å². The third kappa shape index (κ3) is 2.16. The third-order valence-corrected chi connectivity index (χ3v) is 4.86. The molecule has 110 valence electrons. The van der Waals surface area contributed by atoms with Gasteiger partial charge in [-0.3, -0.25) is 4.79 Å². The Bertz CT molecular complexity index is 879. The Kier molecular flexibility index (Phi) is 3.11. The van der Waals surface area contributed by atoms with Crippen LogP contribution in [0.15, 0.2) is 48.5 Å². The molecule has 0 heterocycles. The van der Waals surface area contributed by atoms with Gasteiger partial charge in [-0.1, -0.05) is 48.5 Å². The molecule has 0 bridgehead atoms. The van der Waals surface area contributed by atoms with Crippen molar-refractivity contribution < 1.29 is 9.90 Å². The Balaban J connectivity index is 1.94. The number of carboxylic acid groups (broad SMARTS) is 1. The molecule has 0 saturated heterocycles. The van der Waals surface area contributed by atoms with Gasteiger partial charge in [-0.15, -0.1) is 0 Å². The molecule has 0 aliphatic heterocycles. The highest BCUT2D eigenvalue weighted by molar-refractivity contribution is 6.07. The zero-order valence-electron chi connectivity index (χ0n) is 12.4. The van der Waals surface area contributed by atoms with Crippen molar-refractivity contribution in [2.45, 2.75) is 31.6 Å². The Morgan fingerprint density at radius 2 is 1.86 bits per heavy atom. The topological polar surface area (TPSA) is 37.3 Å². The van der Waals surface area contributed by atoms with Gasteiger partial charge in [-0.05, 0) is 57.9 Å².